The van der Waals surface area contributed by atoms with Crippen LogP contribution in [0.3, 0.4) is 0 Å². The van der Waals surface area contributed by atoms with Crippen LogP contribution < -0.4 is 5.32 Å². The summed E-state index contributed by atoms with van der Waals surface area (Å²) in [6.07, 6.45) is 0. The van der Waals surface area contributed by atoms with E-state index >= 15 is 0 Å². The maximum absolute atomic E-state index is 3.54. The lowest BCUT2D eigenvalue weighted by Gasteiger charge is -2.09. The number of fused-ring (bicyclic) bond motifs is 1. The van der Waals surface area contributed by atoms with Crippen molar-refractivity contribution in [2.24, 2.45) is 0 Å². The van der Waals surface area contributed by atoms with Crippen molar-refractivity contribution < 1.29 is 0 Å². The van der Waals surface area contributed by atoms with E-state index in [0.29, 0.717) is 0 Å². The molecule has 0 aliphatic carbocycles. The number of rotatable bonds is 5. The van der Waals surface area contributed by atoms with Gasteiger partial charge >= 0.3 is 0 Å². The molecular weight excluding hydrogens is 262 g/mol. The van der Waals surface area contributed by atoms with Crippen LogP contribution in [0.1, 0.15) is 0 Å². The topological polar surface area (TPSA) is 12.0 Å². The van der Waals surface area contributed by atoms with E-state index in [0.717, 1.165) is 12.3 Å². The summed E-state index contributed by atoms with van der Waals surface area (Å²) in [6.45, 7) is 0.966. The Bertz CT molecular complexity index is 674. The van der Waals surface area contributed by atoms with Gasteiger partial charge in [0, 0.05) is 28.3 Å². The molecule has 0 fully saturated rings. The maximum Gasteiger partial charge on any atom is 0.0420 e. The molecule has 0 spiro atoms. The van der Waals surface area contributed by atoms with E-state index in [2.05, 4.69) is 78.1 Å². The van der Waals surface area contributed by atoms with Crippen LogP contribution in [0.25, 0.3) is 10.8 Å². The number of hydrogen-bond acceptors (Lipinski definition) is 2. The van der Waals surface area contributed by atoms with Crippen LogP contribution in [0.5, 0.6) is 0 Å². The third-order valence-electron chi connectivity index (χ3n) is 3.22. The first-order valence-corrected chi connectivity index (χ1v) is 7.81. The zero-order chi connectivity index (χ0) is 13.6. The summed E-state index contributed by atoms with van der Waals surface area (Å²) in [4.78, 5) is 1.33. The molecule has 0 atom stereocenters. The van der Waals surface area contributed by atoms with Crippen LogP contribution in [0.2, 0.25) is 0 Å². The van der Waals surface area contributed by atoms with E-state index in [1.54, 1.807) is 0 Å². The Morgan fingerprint density at radius 3 is 2.40 bits per heavy atom. The van der Waals surface area contributed by atoms with E-state index in [1.165, 1.54) is 21.4 Å². The first kappa shape index (κ1) is 13.1. The van der Waals surface area contributed by atoms with Gasteiger partial charge in [0.25, 0.3) is 0 Å². The third-order valence-corrected chi connectivity index (χ3v) is 4.23. The largest absolute Gasteiger partial charge is 0.384 e. The molecule has 1 nitrogen and oxygen atoms in total. The second kappa shape index (κ2) is 6.49. The minimum atomic E-state index is 0.966. The van der Waals surface area contributed by atoms with Crippen molar-refractivity contribution in [3.8, 4) is 0 Å². The summed E-state index contributed by atoms with van der Waals surface area (Å²) in [6, 6.07) is 25.4. The van der Waals surface area contributed by atoms with Crippen molar-refractivity contribution in [3.05, 3.63) is 72.8 Å². The van der Waals surface area contributed by atoms with Gasteiger partial charge in [0.1, 0.15) is 0 Å². The highest BCUT2D eigenvalue weighted by molar-refractivity contribution is 7.99. The van der Waals surface area contributed by atoms with Gasteiger partial charge in [-0.3, -0.25) is 0 Å². The van der Waals surface area contributed by atoms with Gasteiger partial charge in [0.2, 0.25) is 0 Å². The van der Waals surface area contributed by atoms with Crippen molar-refractivity contribution in [2.75, 3.05) is 17.6 Å². The minimum Gasteiger partial charge on any atom is -0.384 e. The molecule has 0 heterocycles. The lowest BCUT2D eigenvalue weighted by atomic mass is 10.1. The van der Waals surface area contributed by atoms with Gasteiger partial charge < -0.3 is 5.32 Å². The summed E-state index contributed by atoms with van der Waals surface area (Å²) in [5.41, 5.74) is 1.22. The number of benzene rings is 3. The first-order chi connectivity index (χ1) is 9.93. The highest BCUT2D eigenvalue weighted by Crippen LogP contribution is 2.23. The summed E-state index contributed by atoms with van der Waals surface area (Å²) in [5, 5.41) is 6.11. The molecule has 0 aromatic heterocycles. The normalized spacial score (nSPS) is 10.6. The summed E-state index contributed by atoms with van der Waals surface area (Å²) in [7, 11) is 0. The van der Waals surface area contributed by atoms with E-state index in [1.807, 2.05) is 11.8 Å². The molecule has 1 N–H and O–H groups in total. The second-order valence-electron chi connectivity index (χ2n) is 4.61. The Morgan fingerprint density at radius 1 is 0.750 bits per heavy atom. The minimum absolute atomic E-state index is 0.966. The van der Waals surface area contributed by atoms with Gasteiger partial charge in [0.05, 0.1) is 0 Å². The Balaban J connectivity index is 1.60. The Morgan fingerprint density at radius 2 is 1.50 bits per heavy atom. The highest BCUT2D eigenvalue weighted by atomic mass is 32.2. The van der Waals surface area contributed by atoms with Gasteiger partial charge in [-0.25, -0.2) is 0 Å². The summed E-state index contributed by atoms with van der Waals surface area (Å²) in [5.74, 6) is 1.06. The fourth-order valence-electron chi connectivity index (χ4n) is 2.25. The average Bonchev–Trinajstić information content (AvgIpc) is 2.53. The molecule has 3 aromatic carbocycles. The molecule has 3 aromatic rings. The smallest absolute Gasteiger partial charge is 0.0420 e. The van der Waals surface area contributed by atoms with Gasteiger partial charge in [-0.1, -0.05) is 54.6 Å². The van der Waals surface area contributed by atoms with E-state index < -0.39 is 0 Å². The van der Waals surface area contributed by atoms with Crippen molar-refractivity contribution >= 4 is 28.2 Å². The van der Waals surface area contributed by atoms with E-state index in [9.17, 15) is 0 Å². The zero-order valence-corrected chi connectivity index (χ0v) is 12.1. The van der Waals surface area contributed by atoms with E-state index in [-0.39, 0.29) is 0 Å². The van der Waals surface area contributed by atoms with Crippen LogP contribution in [0, 0.1) is 0 Å². The van der Waals surface area contributed by atoms with Crippen LogP contribution in [0.15, 0.2) is 77.7 Å². The number of hydrogen-bond donors (Lipinski definition) is 1. The molecular formula is C18H17NS. The molecule has 0 bridgehead atoms. The monoisotopic (exact) mass is 279 g/mol. The fourth-order valence-corrected chi connectivity index (χ4v) is 3.04. The highest BCUT2D eigenvalue weighted by Gasteiger charge is 1.99. The van der Waals surface area contributed by atoms with Gasteiger partial charge in [-0.2, -0.15) is 0 Å². The molecule has 0 aliphatic heterocycles. The number of nitrogens with one attached hydrogen (secondary N) is 1. The Labute approximate surface area is 124 Å². The molecule has 0 amide bonds. The molecule has 0 unspecified atom stereocenters. The van der Waals surface area contributed by atoms with E-state index in [4.69, 9.17) is 0 Å². The van der Waals surface area contributed by atoms with Gasteiger partial charge in [-0.05, 0) is 23.6 Å². The van der Waals surface area contributed by atoms with Crippen molar-refractivity contribution in [3.63, 3.8) is 0 Å². The van der Waals surface area contributed by atoms with Crippen LogP contribution in [-0.2, 0) is 0 Å². The second-order valence-corrected chi connectivity index (χ2v) is 5.78. The molecule has 0 radical (unpaired) electrons. The molecule has 20 heavy (non-hydrogen) atoms. The zero-order valence-electron chi connectivity index (χ0n) is 11.3. The predicted octanol–water partition coefficient (Wildman–Crippen LogP) is 5.04. The van der Waals surface area contributed by atoms with Crippen molar-refractivity contribution in [2.45, 2.75) is 4.90 Å². The van der Waals surface area contributed by atoms with Gasteiger partial charge in [0.15, 0.2) is 0 Å². The van der Waals surface area contributed by atoms with Crippen LogP contribution in [-0.4, -0.2) is 12.3 Å². The Kier molecular flexibility index (Phi) is 4.24. The lowest BCUT2D eigenvalue weighted by Crippen LogP contribution is -2.04. The molecule has 100 valence electrons. The van der Waals surface area contributed by atoms with Gasteiger partial charge in [-0.15, -0.1) is 11.8 Å². The summed E-state index contributed by atoms with van der Waals surface area (Å²) < 4.78 is 0. The quantitative estimate of drug-likeness (QED) is 0.518. The van der Waals surface area contributed by atoms with Crippen molar-refractivity contribution in [1.82, 2.24) is 0 Å². The number of anilines is 1. The Hall–Kier alpha value is -1.93. The molecule has 0 saturated heterocycles. The maximum atomic E-state index is 3.54. The molecule has 0 aliphatic rings. The van der Waals surface area contributed by atoms with Crippen LogP contribution in [0.4, 0.5) is 5.69 Å². The average molecular weight is 279 g/mol. The first-order valence-electron chi connectivity index (χ1n) is 6.83. The molecule has 2 heteroatoms. The third kappa shape index (κ3) is 3.14. The molecule has 0 saturated carbocycles. The molecule has 3 rings (SSSR count). The SMILES string of the molecule is c1ccc(SCCNc2cccc3ccccc23)cc1. The number of thioether (sulfide) groups is 1. The van der Waals surface area contributed by atoms with Crippen LogP contribution >= 0.6 is 11.8 Å². The fraction of sp³-hybridized carbons (Fsp3) is 0.111. The standard InChI is InChI=1S/C18H17NS/c1-2-9-16(10-3-1)20-14-13-19-18-12-6-8-15-7-4-5-11-17(15)18/h1-12,19H,13-14H2. The van der Waals surface area contributed by atoms with Crippen molar-refractivity contribution in [1.29, 1.82) is 0 Å². The predicted molar refractivity (Wildman–Crippen MR) is 89.6 cm³/mol. The lowest BCUT2D eigenvalue weighted by molar-refractivity contribution is 1.23. The summed E-state index contributed by atoms with van der Waals surface area (Å²) >= 11 is 1.88.